The summed E-state index contributed by atoms with van der Waals surface area (Å²) in [5.41, 5.74) is 6.10. The minimum atomic E-state index is -3.70. The van der Waals surface area contributed by atoms with Crippen molar-refractivity contribution in [1.29, 1.82) is 0 Å². The number of hydrogen-bond donors (Lipinski definition) is 1. The van der Waals surface area contributed by atoms with Crippen molar-refractivity contribution in [2.24, 2.45) is 7.05 Å². The fourth-order valence-electron chi connectivity index (χ4n) is 1.52. The number of rotatable bonds is 3. The smallest absolute Gasteiger partial charge is 0.269 e. The van der Waals surface area contributed by atoms with Gasteiger partial charge in [-0.25, -0.2) is 8.42 Å². The lowest BCUT2D eigenvalue weighted by molar-refractivity contribution is 0.594. The monoisotopic (exact) mass is 267 g/mol. The Morgan fingerprint density at radius 1 is 1.33 bits per heavy atom. The van der Waals surface area contributed by atoms with E-state index in [2.05, 4.69) is 10.1 Å². The van der Waals surface area contributed by atoms with Crippen molar-refractivity contribution in [1.82, 2.24) is 14.8 Å². The topological polar surface area (TPSA) is 94.1 Å². The van der Waals surface area contributed by atoms with Crippen LogP contribution in [0.2, 0.25) is 0 Å². The molecule has 7 nitrogen and oxygen atoms in total. The highest BCUT2D eigenvalue weighted by atomic mass is 32.2. The molecular weight excluding hydrogens is 254 g/mol. The summed E-state index contributed by atoms with van der Waals surface area (Å²) in [6.07, 6.45) is 4.42. The van der Waals surface area contributed by atoms with Crippen LogP contribution in [0.25, 0.3) is 0 Å². The van der Waals surface area contributed by atoms with Gasteiger partial charge in [-0.1, -0.05) is 0 Å². The molecule has 0 aromatic carbocycles. The van der Waals surface area contributed by atoms with Crippen LogP contribution in [0, 0.1) is 0 Å². The van der Waals surface area contributed by atoms with Crippen LogP contribution < -0.4 is 10.0 Å². The van der Waals surface area contributed by atoms with Crippen LogP contribution in [0.4, 0.5) is 11.5 Å². The van der Waals surface area contributed by atoms with E-state index in [1.165, 1.54) is 30.3 Å². The second-order valence-corrected chi connectivity index (χ2v) is 5.67. The highest BCUT2D eigenvalue weighted by Crippen LogP contribution is 2.24. The van der Waals surface area contributed by atoms with Crippen LogP contribution in [-0.4, -0.2) is 30.2 Å². The number of nitrogen functional groups attached to an aromatic ring is 1. The van der Waals surface area contributed by atoms with Crippen LogP contribution in [-0.2, 0) is 17.1 Å². The molecular formula is C10H13N5O2S. The summed E-state index contributed by atoms with van der Waals surface area (Å²) in [6, 6.07) is 3.20. The molecule has 0 aliphatic rings. The third-order valence-corrected chi connectivity index (χ3v) is 4.29. The molecule has 0 amide bonds. The van der Waals surface area contributed by atoms with Gasteiger partial charge in [0.15, 0.2) is 5.82 Å². The predicted molar refractivity (Wildman–Crippen MR) is 67.4 cm³/mol. The number of nitrogens with two attached hydrogens (primary N) is 1. The first kappa shape index (κ1) is 12.4. The average Bonchev–Trinajstić information content (AvgIpc) is 2.69. The van der Waals surface area contributed by atoms with Gasteiger partial charge in [0.25, 0.3) is 10.0 Å². The van der Waals surface area contributed by atoms with Crippen LogP contribution in [0.1, 0.15) is 0 Å². The van der Waals surface area contributed by atoms with E-state index in [1.54, 1.807) is 19.2 Å². The van der Waals surface area contributed by atoms with E-state index >= 15 is 0 Å². The zero-order chi connectivity index (χ0) is 13.3. The molecule has 2 aromatic rings. The van der Waals surface area contributed by atoms with E-state index in [0.29, 0.717) is 5.69 Å². The quantitative estimate of drug-likeness (QED) is 0.858. The fourth-order valence-corrected chi connectivity index (χ4v) is 2.81. The van der Waals surface area contributed by atoms with E-state index in [1.807, 2.05) is 0 Å². The molecule has 0 bridgehead atoms. The van der Waals surface area contributed by atoms with Crippen molar-refractivity contribution in [3.05, 3.63) is 30.7 Å². The molecule has 2 rings (SSSR count). The number of pyridine rings is 1. The van der Waals surface area contributed by atoms with Crippen LogP contribution in [0.5, 0.6) is 0 Å². The lowest BCUT2D eigenvalue weighted by Gasteiger charge is -2.18. The summed E-state index contributed by atoms with van der Waals surface area (Å²) in [7, 11) is -0.636. The predicted octanol–water partition coefficient (Wildman–Crippen LogP) is 0.222. The molecule has 2 heterocycles. The lowest BCUT2D eigenvalue weighted by atomic mass is 10.4. The van der Waals surface area contributed by atoms with E-state index in [9.17, 15) is 8.42 Å². The molecule has 0 aliphatic carbocycles. The van der Waals surface area contributed by atoms with E-state index in [0.717, 1.165) is 4.31 Å². The number of sulfonamides is 1. The van der Waals surface area contributed by atoms with Crippen molar-refractivity contribution in [2.75, 3.05) is 17.1 Å². The second-order valence-electron chi connectivity index (χ2n) is 3.73. The fraction of sp³-hybridized carbons (Fsp3) is 0.200. The zero-order valence-electron chi connectivity index (χ0n) is 9.98. The van der Waals surface area contributed by atoms with Gasteiger partial charge < -0.3 is 5.73 Å². The largest absolute Gasteiger partial charge is 0.381 e. The molecule has 0 spiro atoms. The molecule has 0 saturated heterocycles. The summed E-state index contributed by atoms with van der Waals surface area (Å²) in [5.74, 6) is -0.0154. The molecule has 0 radical (unpaired) electrons. The Morgan fingerprint density at radius 2 is 1.94 bits per heavy atom. The Hall–Kier alpha value is -2.09. The molecule has 0 unspecified atom stereocenters. The zero-order valence-corrected chi connectivity index (χ0v) is 10.8. The Morgan fingerprint density at radius 3 is 2.44 bits per heavy atom. The van der Waals surface area contributed by atoms with Crippen LogP contribution in [0.15, 0.2) is 35.6 Å². The van der Waals surface area contributed by atoms with Gasteiger partial charge >= 0.3 is 0 Å². The SMILES string of the molecule is CN(c1ccncc1)S(=O)(=O)c1cn(C)nc1N. The summed E-state index contributed by atoms with van der Waals surface area (Å²) < 4.78 is 27.2. The number of aryl methyl sites for hydroxylation is 1. The van der Waals surface area contributed by atoms with Crippen molar-refractivity contribution < 1.29 is 8.42 Å². The van der Waals surface area contributed by atoms with Gasteiger partial charge in [-0.3, -0.25) is 14.0 Å². The highest BCUT2D eigenvalue weighted by Gasteiger charge is 2.26. The van der Waals surface area contributed by atoms with Gasteiger partial charge in [0.05, 0.1) is 5.69 Å². The third-order valence-electron chi connectivity index (χ3n) is 2.49. The van der Waals surface area contributed by atoms with Gasteiger partial charge in [-0.15, -0.1) is 0 Å². The molecule has 18 heavy (non-hydrogen) atoms. The Labute approximate surface area is 105 Å². The van der Waals surface area contributed by atoms with Crippen molar-refractivity contribution in [3.63, 3.8) is 0 Å². The van der Waals surface area contributed by atoms with Crippen molar-refractivity contribution in [3.8, 4) is 0 Å². The minimum absolute atomic E-state index is 0.00990. The van der Waals surface area contributed by atoms with Gasteiger partial charge in [-0.2, -0.15) is 5.10 Å². The number of aromatic nitrogens is 3. The maximum absolute atomic E-state index is 12.3. The first-order chi connectivity index (χ1) is 8.43. The maximum Gasteiger partial charge on any atom is 0.269 e. The van der Waals surface area contributed by atoms with E-state index in [-0.39, 0.29) is 10.7 Å². The van der Waals surface area contributed by atoms with Crippen LogP contribution in [0.3, 0.4) is 0 Å². The lowest BCUT2D eigenvalue weighted by Crippen LogP contribution is -2.26. The first-order valence-electron chi connectivity index (χ1n) is 5.11. The normalized spacial score (nSPS) is 11.4. The first-order valence-corrected chi connectivity index (χ1v) is 6.55. The molecule has 2 aromatic heterocycles. The van der Waals surface area contributed by atoms with Crippen LogP contribution >= 0.6 is 0 Å². The number of nitrogens with zero attached hydrogens (tertiary/aromatic N) is 4. The average molecular weight is 267 g/mol. The standard InChI is InChI=1S/C10H13N5O2S/c1-14-7-9(10(11)13-14)18(16,17)15(2)8-3-5-12-6-4-8/h3-7H,1-2H3,(H2,11,13). The third kappa shape index (κ3) is 2.02. The van der Waals surface area contributed by atoms with Gasteiger partial charge in [-0.05, 0) is 12.1 Å². The number of anilines is 2. The van der Waals surface area contributed by atoms with Gasteiger partial charge in [0.2, 0.25) is 0 Å². The Balaban J connectivity index is 2.47. The number of hydrogen-bond acceptors (Lipinski definition) is 5. The molecule has 2 N–H and O–H groups in total. The molecule has 96 valence electrons. The van der Waals surface area contributed by atoms with Crippen molar-refractivity contribution in [2.45, 2.75) is 4.90 Å². The van der Waals surface area contributed by atoms with E-state index < -0.39 is 10.0 Å². The highest BCUT2D eigenvalue weighted by molar-refractivity contribution is 7.93. The molecule has 8 heteroatoms. The van der Waals surface area contributed by atoms with Crippen molar-refractivity contribution >= 4 is 21.5 Å². The van der Waals surface area contributed by atoms with Gasteiger partial charge in [0.1, 0.15) is 4.90 Å². The summed E-state index contributed by atoms with van der Waals surface area (Å²) in [5, 5.41) is 3.83. The van der Waals surface area contributed by atoms with Gasteiger partial charge in [0, 0.05) is 32.7 Å². The second kappa shape index (κ2) is 4.30. The molecule has 0 fully saturated rings. The Bertz CT molecular complexity index is 650. The maximum atomic E-state index is 12.3. The Kier molecular flexibility index (Phi) is 2.95. The summed E-state index contributed by atoms with van der Waals surface area (Å²) in [6.45, 7) is 0. The molecule has 0 saturated carbocycles. The van der Waals surface area contributed by atoms with E-state index in [4.69, 9.17) is 5.73 Å². The summed E-state index contributed by atoms with van der Waals surface area (Å²) in [4.78, 5) is 3.83. The summed E-state index contributed by atoms with van der Waals surface area (Å²) >= 11 is 0. The molecule has 0 atom stereocenters. The molecule has 0 aliphatic heterocycles. The minimum Gasteiger partial charge on any atom is -0.381 e.